The van der Waals surface area contributed by atoms with Gasteiger partial charge in [-0.15, -0.1) is 5.10 Å². The van der Waals surface area contributed by atoms with Crippen molar-refractivity contribution >= 4 is 23.7 Å². The number of fused-ring (bicyclic) bond motifs is 1. The first-order valence-electron chi connectivity index (χ1n) is 10.8. The number of methoxy groups -OCH3 is 1. The van der Waals surface area contributed by atoms with E-state index in [1.165, 1.54) is 0 Å². The summed E-state index contributed by atoms with van der Waals surface area (Å²) >= 11 is 0. The van der Waals surface area contributed by atoms with Crippen molar-refractivity contribution < 1.29 is 19.1 Å². The number of nitrogens with one attached hydrogen (secondary N) is 1. The first kappa shape index (κ1) is 22.0. The van der Waals surface area contributed by atoms with Crippen LogP contribution in [0, 0.1) is 0 Å². The molecule has 0 unspecified atom stereocenters. The average Bonchev–Trinajstić information content (AvgIpc) is 3.44. The molecule has 174 valence electrons. The molecule has 2 aromatic carbocycles. The van der Waals surface area contributed by atoms with E-state index >= 15 is 0 Å². The number of pyridine rings is 1. The molecular weight excluding hydrogens is 448 g/mol. The van der Waals surface area contributed by atoms with Crippen LogP contribution in [0.4, 0.5) is 5.95 Å². The third-order valence-electron chi connectivity index (χ3n) is 5.54. The predicted octanol–water partition coefficient (Wildman–Crippen LogP) is 2.90. The molecule has 2 aromatic heterocycles. The number of hydrogen-bond acceptors (Lipinski definition) is 8. The van der Waals surface area contributed by atoms with E-state index < -0.39 is 24.3 Å². The van der Waals surface area contributed by atoms with Crippen LogP contribution in [0.1, 0.15) is 31.1 Å². The summed E-state index contributed by atoms with van der Waals surface area (Å²) < 4.78 is 6.26. The summed E-state index contributed by atoms with van der Waals surface area (Å²) in [5.74, 6) is -0.419. The summed E-state index contributed by atoms with van der Waals surface area (Å²) in [4.78, 5) is 48.2. The highest BCUT2D eigenvalue weighted by Crippen LogP contribution is 2.23. The molecule has 1 aliphatic heterocycles. The molecule has 10 nitrogen and oxygen atoms in total. The number of nitrogens with zero attached hydrogens (tertiary/aromatic N) is 5. The highest BCUT2D eigenvalue weighted by Gasteiger charge is 2.37. The SMILES string of the molecule is COc1ccc(CNc2nc(-c3cccnc3)nn2C(=O)CN2C(=O)c3ccccc3C2=O)cc1. The first-order valence-corrected chi connectivity index (χ1v) is 10.8. The highest BCUT2D eigenvalue weighted by molar-refractivity contribution is 6.22. The van der Waals surface area contributed by atoms with Crippen molar-refractivity contribution in [2.75, 3.05) is 19.0 Å². The van der Waals surface area contributed by atoms with Gasteiger partial charge in [-0.1, -0.05) is 24.3 Å². The van der Waals surface area contributed by atoms with Crippen molar-refractivity contribution in [3.05, 3.63) is 89.7 Å². The van der Waals surface area contributed by atoms with Crippen LogP contribution in [0.3, 0.4) is 0 Å². The number of aromatic nitrogens is 4. The standard InChI is InChI=1S/C25H20N6O4/c1-35-18-10-8-16(9-11-18)13-27-25-28-22(17-5-4-12-26-14-17)29-31(25)21(32)15-30-23(33)19-6-2-3-7-20(19)24(30)34/h2-12,14H,13,15H2,1H3,(H,27,28,29). The molecule has 0 spiro atoms. The van der Waals surface area contributed by atoms with Gasteiger partial charge < -0.3 is 10.1 Å². The molecule has 4 aromatic rings. The van der Waals surface area contributed by atoms with E-state index in [9.17, 15) is 14.4 Å². The second-order valence-electron chi connectivity index (χ2n) is 7.75. The number of hydrogen-bond donors (Lipinski definition) is 1. The van der Waals surface area contributed by atoms with Gasteiger partial charge >= 0.3 is 0 Å². The van der Waals surface area contributed by atoms with Crippen molar-refractivity contribution in [1.82, 2.24) is 24.6 Å². The van der Waals surface area contributed by atoms with Crippen LogP contribution in [-0.4, -0.2) is 56.0 Å². The molecule has 2 amide bonds. The lowest BCUT2D eigenvalue weighted by atomic mass is 10.1. The normalized spacial score (nSPS) is 12.5. The molecule has 0 bridgehead atoms. The summed E-state index contributed by atoms with van der Waals surface area (Å²) in [5.41, 5.74) is 2.10. The van der Waals surface area contributed by atoms with E-state index in [1.807, 2.05) is 24.3 Å². The van der Waals surface area contributed by atoms with Crippen LogP contribution >= 0.6 is 0 Å². The van der Waals surface area contributed by atoms with Gasteiger partial charge in [0.2, 0.25) is 5.95 Å². The van der Waals surface area contributed by atoms with E-state index in [1.54, 1.807) is 55.9 Å². The topological polar surface area (TPSA) is 119 Å². The maximum atomic E-state index is 13.2. The largest absolute Gasteiger partial charge is 0.497 e. The molecular formula is C25H20N6O4. The maximum absolute atomic E-state index is 13.2. The number of imide groups is 1. The number of amides is 2. The Labute approximate surface area is 200 Å². The number of anilines is 1. The minimum absolute atomic E-state index is 0.182. The van der Waals surface area contributed by atoms with Gasteiger partial charge in [0.15, 0.2) is 5.82 Å². The van der Waals surface area contributed by atoms with Gasteiger partial charge in [0, 0.05) is 24.5 Å². The van der Waals surface area contributed by atoms with Gasteiger partial charge in [-0.25, -0.2) is 0 Å². The smallest absolute Gasteiger partial charge is 0.270 e. The molecule has 35 heavy (non-hydrogen) atoms. The van der Waals surface area contributed by atoms with E-state index in [0.29, 0.717) is 12.1 Å². The number of rotatable bonds is 7. The fourth-order valence-corrected chi connectivity index (χ4v) is 3.73. The number of carbonyl (C=O) groups excluding carboxylic acids is 3. The summed E-state index contributed by atoms with van der Waals surface area (Å²) in [7, 11) is 1.59. The fourth-order valence-electron chi connectivity index (χ4n) is 3.73. The van der Waals surface area contributed by atoms with Crippen LogP contribution < -0.4 is 10.1 Å². The lowest BCUT2D eigenvalue weighted by Crippen LogP contribution is -2.37. The second-order valence-corrected chi connectivity index (χ2v) is 7.75. The van der Waals surface area contributed by atoms with Crippen molar-refractivity contribution in [3.63, 3.8) is 0 Å². The monoisotopic (exact) mass is 468 g/mol. The third kappa shape index (κ3) is 4.24. The molecule has 1 N–H and O–H groups in total. The Kier molecular flexibility index (Phi) is 5.76. The molecule has 0 atom stereocenters. The van der Waals surface area contributed by atoms with Gasteiger partial charge in [0.25, 0.3) is 17.7 Å². The number of ether oxygens (including phenoxy) is 1. The Balaban J connectivity index is 1.41. The molecule has 0 radical (unpaired) electrons. The minimum Gasteiger partial charge on any atom is -0.497 e. The van der Waals surface area contributed by atoms with Crippen molar-refractivity contribution in [3.8, 4) is 17.1 Å². The van der Waals surface area contributed by atoms with Crippen molar-refractivity contribution in [2.24, 2.45) is 0 Å². The molecule has 0 saturated heterocycles. The molecule has 5 rings (SSSR count). The lowest BCUT2D eigenvalue weighted by molar-refractivity contribution is 0.0601. The van der Waals surface area contributed by atoms with Gasteiger partial charge in [-0.3, -0.25) is 24.3 Å². The van der Waals surface area contributed by atoms with E-state index in [0.717, 1.165) is 20.9 Å². The summed E-state index contributed by atoms with van der Waals surface area (Å²) in [6.07, 6.45) is 3.21. The molecule has 1 aliphatic rings. The zero-order valence-electron chi connectivity index (χ0n) is 18.7. The van der Waals surface area contributed by atoms with Gasteiger partial charge in [0.05, 0.1) is 18.2 Å². The Hall–Kier alpha value is -4.86. The van der Waals surface area contributed by atoms with Crippen LogP contribution in [0.5, 0.6) is 5.75 Å². The third-order valence-corrected chi connectivity index (χ3v) is 5.54. The molecule has 0 aliphatic carbocycles. The molecule has 0 fully saturated rings. The summed E-state index contributed by atoms with van der Waals surface area (Å²) in [6.45, 7) is -0.116. The van der Waals surface area contributed by atoms with Crippen LogP contribution in [0.25, 0.3) is 11.4 Å². The van der Waals surface area contributed by atoms with Gasteiger partial charge in [-0.05, 0) is 42.0 Å². The Morgan fingerprint density at radius 2 is 1.69 bits per heavy atom. The zero-order chi connectivity index (χ0) is 24.4. The molecule has 0 saturated carbocycles. The second kappa shape index (κ2) is 9.18. The summed E-state index contributed by atoms with van der Waals surface area (Å²) in [5, 5.41) is 7.47. The van der Waals surface area contributed by atoms with E-state index in [2.05, 4.69) is 20.4 Å². The highest BCUT2D eigenvalue weighted by atomic mass is 16.5. The Bertz CT molecular complexity index is 1380. The van der Waals surface area contributed by atoms with Gasteiger partial charge in [0.1, 0.15) is 12.3 Å². The number of benzene rings is 2. The Morgan fingerprint density at radius 3 is 2.31 bits per heavy atom. The van der Waals surface area contributed by atoms with Crippen LogP contribution in [0.15, 0.2) is 73.1 Å². The lowest BCUT2D eigenvalue weighted by Gasteiger charge is -2.13. The zero-order valence-corrected chi connectivity index (χ0v) is 18.7. The van der Waals surface area contributed by atoms with E-state index in [-0.39, 0.29) is 22.9 Å². The van der Waals surface area contributed by atoms with Crippen molar-refractivity contribution in [2.45, 2.75) is 6.54 Å². The first-order chi connectivity index (χ1) is 17.0. The fraction of sp³-hybridized carbons (Fsp3) is 0.120. The average molecular weight is 468 g/mol. The summed E-state index contributed by atoms with van der Waals surface area (Å²) in [6, 6.07) is 17.4. The van der Waals surface area contributed by atoms with Crippen LogP contribution in [0.2, 0.25) is 0 Å². The molecule has 10 heteroatoms. The van der Waals surface area contributed by atoms with Crippen LogP contribution in [-0.2, 0) is 6.54 Å². The quantitative estimate of drug-likeness (QED) is 0.411. The minimum atomic E-state index is -0.584. The van der Waals surface area contributed by atoms with Crippen molar-refractivity contribution in [1.29, 1.82) is 0 Å². The molecule has 3 heterocycles. The predicted molar refractivity (Wildman–Crippen MR) is 126 cm³/mol. The van der Waals surface area contributed by atoms with Gasteiger partial charge in [-0.2, -0.15) is 9.67 Å². The van der Waals surface area contributed by atoms with E-state index in [4.69, 9.17) is 4.74 Å². The maximum Gasteiger partial charge on any atom is 0.270 e. The Morgan fingerprint density at radius 1 is 0.971 bits per heavy atom. The number of carbonyl (C=O) groups is 3.